The van der Waals surface area contributed by atoms with Gasteiger partial charge in [-0.15, -0.1) is 5.10 Å². The highest BCUT2D eigenvalue weighted by Gasteiger charge is 2.01. The largest absolute Gasteiger partial charge is 0.274 e. The molecule has 7 heteroatoms. The van der Waals surface area contributed by atoms with Gasteiger partial charge >= 0.3 is 0 Å². The molecule has 0 aliphatic carbocycles. The van der Waals surface area contributed by atoms with E-state index >= 15 is 0 Å². The van der Waals surface area contributed by atoms with Gasteiger partial charge in [-0.1, -0.05) is 23.9 Å². The van der Waals surface area contributed by atoms with Crippen molar-refractivity contribution in [2.45, 2.75) is 18.7 Å². The molecule has 0 aliphatic heterocycles. The van der Waals surface area contributed by atoms with E-state index in [9.17, 15) is 4.39 Å². The predicted octanol–water partition coefficient (Wildman–Crippen LogP) is 2.73. The zero-order chi connectivity index (χ0) is 15.1. The van der Waals surface area contributed by atoms with Crippen LogP contribution in [0.2, 0.25) is 0 Å². The van der Waals surface area contributed by atoms with E-state index in [-0.39, 0.29) is 12.4 Å². The van der Waals surface area contributed by atoms with E-state index in [0.29, 0.717) is 5.16 Å². The Labute approximate surface area is 126 Å². The maximum absolute atomic E-state index is 13.0. The minimum absolute atomic E-state index is 0.263. The molecule has 1 aromatic carbocycles. The quantitative estimate of drug-likeness (QED) is 0.503. The van der Waals surface area contributed by atoms with Crippen molar-refractivity contribution in [1.29, 1.82) is 0 Å². The van der Waals surface area contributed by atoms with E-state index in [1.807, 2.05) is 13.2 Å². The fourth-order valence-corrected chi connectivity index (χ4v) is 1.84. The number of nitrogens with zero attached hydrogens (tertiary/aromatic N) is 3. The highest BCUT2D eigenvalue weighted by atomic mass is 32.2. The number of rotatable bonds is 6. The molecule has 5 nitrogen and oxygen atoms in total. The van der Waals surface area contributed by atoms with Gasteiger partial charge in [0.1, 0.15) is 5.82 Å². The molecule has 21 heavy (non-hydrogen) atoms. The predicted molar refractivity (Wildman–Crippen MR) is 79.7 cm³/mol. The number of hydroxylamine groups is 1. The van der Waals surface area contributed by atoms with Gasteiger partial charge in [0.2, 0.25) is 5.16 Å². The first-order chi connectivity index (χ1) is 10.2. The molecular weight excluding hydrogens is 291 g/mol. The Morgan fingerprint density at radius 1 is 1.38 bits per heavy atom. The maximum atomic E-state index is 13.0. The van der Waals surface area contributed by atoms with Gasteiger partial charge in [0.25, 0.3) is 0 Å². The minimum Gasteiger partial charge on any atom is -0.274 e. The van der Waals surface area contributed by atoms with Crippen molar-refractivity contribution in [2.75, 3.05) is 6.26 Å². The van der Waals surface area contributed by atoms with Crippen LogP contribution in [0.4, 0.5) is 4.39 Å². The Balaban J connectivity index is 1.85. The van der Waals surface area contributed by atoms with Crippen LogP contribution in [0, 0.1) is 12.7 Å². The standard InChI is InChI=1S/C14H15FN4OS/c1-10-13(17-14(21-2)19-18-10)6-7-16-20-9-11-4-3-5-12(15)8-11/h3-8,16H,9H2,1-2H3. The number of aromatic nitrogens is 3. The van der Waals surface area contributed by atoms with Gasteiger partial charge < -0.3 is 0 Å². The number of thioether (sulfide) groups is 1. The van der Waals surface area contributed by atoms with Crippen molar-refractivity contribution in [3.63, 3.8) is 0 Å². The molecule has 0 amide bonds. The highest BCUT2D eigenvalue weighted by molar-refractivity contribution is 7.98. The fourth-order valence-electron chi connectivity index (χ4n) is 1.53. The molecule has 0 aliphatic rings. The summed E-state index contributed by atoms with van der Waals surface area (Å²) in [7, 11) is 0. The van der Waals surface area contributed by atoms with Crippen LogP contribution in [0.25, 0.3) is 6.08 Å². The summed E-state index contributed by atoms with van der Waals surface area (Å²) in [4.78, 5) is 9.54. The fraction of sp³-hybridized carbons (Fsp3) is 0.214. The first-order valence-corrected chi connectivity index (χ1v) is 7.45. The molecule has 0 radical (unpaired) electrons. The van der Waals surface area contributed by atoms with Crippen LogP contribution in [0.3, 0.4) is 0 Å². The van der Waals surface area contributed by atoms with Crippen LogP contribution in [0.15, 0.2) is 35.6 Å². The lowest BCUT2D eigenvalue weighted by Crippen LogP contribution is -2.06. The number of halogens is 1. The second kappa shape index (κ2) is 7.70. The summed E-state index contributed by atoms with van der Waals surface area (Å²) in [5, 5.41) is 8.55. The molecule has 2 rings (SSSR count). The molecule has 0 saturated heterocycles. The first kappa shape index (κ1) is 15.4. The lowest BCUT2D eigenvalue weighted by molar-refractivity contribution is 0.0580. The molecule has 0 fully saturated rings. The van der Waals surface area contributed by atoms with E-state index in [0.717, 1.165) is 17.0 Å². The van der Waals surface area contributed by atoms with E-state index in [4.69, 9.17) is 4.84 Å². The lowest BCUT2D eigenvalue weighted by atomic mass is 10.2. The molecule has 1 aromatic heterocycles. The normalized spacial score (nSPS) is 11.0. The number of hydrogen-bond acceptors (Lipinski definition) is 6. The third-order valence-corrected chi connectivity index (χ3v) is 3.11. The Morgan fingerprint density at radius 2 is 2.24 bits per heavy atom. The molecule has 110 valence electrons. The van der Waals surface area contributed by atoms with Gasteiger partial charge in [-0.25, -0.2) is 9.37 Å². The monoisotopic (exact) mass is 306 g/mol. The van der Waals surface area contributed by atoms with Gasteiger partial charge in [-0.05, 0) is 37.0 Å². The van der Waals surface area contributed by atoms with Crippen molar-refractivity contribution in [1.82, 2.24) is 20.7 Å². The van der Waals surface area contributed by atoms with Crippen molar-refractivity contribution >= 4 is 17.8 Å². The molecule has 2 aromatic rings. The van der Waals surface area contributed by atoms with Crippen LogP contribution in [-0.2, 0) is 11.4 Å². The molecule has 0 atom stereocenters. The molecule has 0 saturated carbocycles. The minimum atomic E-state index is -0.279. The molecule has 0 spiro atoms. The van der Waals surface area contributed by atoms with E-state index in [1.54, 1.807) is 24.4 Å². The van der Waals surface area contributed by atoms with Crippen LogP contribution in [0.5, 0.6) is 0 Å². The Kier molecular flexibility index (Phi) is 5.65. The zero-order valence-corrected chi connectivity index (χ0v) is 12.5. The number of nitrogens with one attached hydrogen (secondary N) is 1. The summed E-state index contributed by atoms with van der Waals surface area (Å²) in [5.41, 5.74) is 4.87. The SMILES string of the molecule is CSc1nnc(C)c(C=CNOCc2cccc(F)c2)n1. The number of benzene rings is 1. The Hall–Kier alpha value is -1.99. The van der Waals surface area contributed by atoms with Crippen molar-refractivity contribution < 1.29 is 9.23 Å². The van der Waals surface area contributed by atoms with Crippen LogP contribution in [-0.4, -0.2) is 21.4 Å². The summed E-state index contributed by atoms with van der Waals surface area (Å²) in [6.45, 7) is 2.09. The Morgan fingerprint density at radius 3 is 3.00 bits per heavy atom. The topological polar surface area (TPSA) is 59.9 Å². The highest BCUT2D eigenvalue weighted by Crippen LogP contribution is 2.10. The third kappa shape index (κ3) is 4.80. The van der Waals surface area contributed by atoms with E-state index in [1.165, 1.54) is 23.9 Å². The van der Waals surface area contributed by atoms with Crippen molar-refractivity contribution in [2.24, 2.45) is 0 Å². The van der Waals surface area contributed by atoms with Gasteiger partial charge in [-0.2, -0.15) is 5.10 Å². The molecule has 1 heterocycles. The van der Waals surface area contributed by atoms with Gasteiger partial charge in [0.15, 0.2) is 0 Å². The average Bonchev–Trinajstić information content (AvgIpc) is 2.49. The summed E-state index contributed by atoms with van der Waals surface area (Å²) in [5.74, 6) is -0.279. The van der Waals surface area contributed by atoms with Crippen molar-refractivity contribution in [3.05, 3.63) is 53.2 Å². The van der Waals surface area contributed by atoms with Crippen molar-refractivity contribution in [3.8, 4) is 0 Å². The second-order valence-electron chi connectivity index (χ2n) is 4.14. The van der Waals surface area contributed by atoms with Crippen LogP contribution < -0.4 is 5.48 Å². The molecule has 0 unspecified atom stereocenters. The van der Waals surface area contributed by atoms with Crippen LogP contribution in [0.1, 0.15) is 17.0 Å². The summed E-state index contributed by atoms with van der Waals surface area (Å²) in [6, 6.07) is 6.25. The number of aryl methyl sites for hydroxylation is 1. The second-order valence-corrected chi connectivity index (χ2v) is 4.91. The smallest absolute Gasteiger partial charge is 0.209 e. The van der Waals surface area contributed by atoms with E-state index < -0.39 is 0 Å². The molecule has 0 bridgehead atoms. The number of hydrogen-bond donors (Lipinski definition) is 1. The van der Waals surface area contributed by atoms with Gasteiger partial charge in [-0.3, -0.25) is 10.3 Å². The summed E-state index contributed by atoms with van der Waals surface area (Å²) >= 11 is 1.43. The average molecular weight is 306 g/mol. The first-order valence-electron chi connectivity index (χ1n) is 6.22. The van der Waals surface area contributed by atoms with Gasteiger partial charge in [0.05, 0.1) is 18.0 Å². The third-order valence-electron chi connectivity index (χ3n) is 2.58. The lowest BCUT2D eigenvalue weighted by Gasteiger charge is -2.03. The van der Waals surface area contributed by atoms with E-state index in [2.05, 4.69) is 20.7 Å². The van der Waals surface area contributed by atoms with Crippen LogP contribution >= 0.6 is 11.8 Å². The Bertz CT molecular complexity index is 636. The molecule has 1 N–H and O–H groups in total. The molecular formula is C14H15FN4OS. The maximum Gasteiger partial charge on any atom is 0.209 e. The van der Waals surface area contributed by atoms with Gasteiger partial charge in [0, 0.05) is 6.20 Å². The summed E-state index contributed by atoms with van der Waals surface area (Å²) < 4.78 is 13.0. The zero-order valence-electron chi connectivity index (χ0n) is 11.7. The summed E-state index contributed by atoms with van der Waals surface area (Å²) in [6.07, 6.45) is 5.25.